The van der Waals surface area contributed by atoms with Crippen molar-refractivity contribution in [2.75, 3.05) is 4.90 Å². The summed E-state index contributed by atoms with van der Waals surface area (Å²) in [5, 5.41) is 4.14. The van der Waals surface area contributed by atoms with Gasteiger partial charge in [0.2, 0.25) is 0 Å². The third-order valence-corrected chi connectivity index (χ3v) is 9.49. The van der Waals surface area contributed by atoms with Crippen LogP contribution in [0.4, 0.5) is 17.1 Å². The van der Waals surface area contributed by atoms with Gasteiger partial charge in [-0.1, -0.05) is 115 Å². The van der Waals surface area contributed by atoms with E-state index in [1.54, 1.807) is 0 Å². The SMILES string of the molecule is c1ccc(-c2cc(-c3ccccc3)nc(-c3ccc(N(c4ccccc4)c4ccc5c(c4)oc4ccccc45)c4oc5ccccc5c34)n2)cc1. The number of fused-ring (bicyclic) bond motifs is 6. The summed E-state index contributed by atoms with van der Waals surface area (Å²) in [4.78, 5) is 12.6. The van der Waals surface area contributed by atoms with Gasteiger partial charge in [-0.2, -0.15) is 0 Å². The van der Waals surface area contributed by atoms with Gasteiger partial charge in [0.05, 0.1) is 22.8 Å². The number of anilines is 3. The lowest BCUT2D eigenvalue weighted by atomic mass is 10.0. The maximum Gasteiger partial charge on any atom is 0.161 e. The van der Waals surface area contributed by atoms with Gasteiger partial charge in [0.1, 0.15) is 16.7 Å². The van der Waals surface area contributed by atoms with Gasteiger partial charge in [0, 0.05) is 50.0 Å². The zero-order chi connectivity index (χ0) is 33.7. The molecule has 7 aromatic carbocycles. The van der Waals surface area contributed by atoms with E-state index in [1.807, 2.05) is 72.8 Å². The Kier molecular flexibility index (Phi) is 6.74. The van der Waals surface area contributed by atoms with E-state index in [2.05, 4.69) is 108 Å². The van der Waals surface area contributed by atoms with Crippen molar-refractivity contribution in [3.8, 4) is 33.9 Å². The Hall–Kier alpha value is -6.98. The van der Waals surface area contributed by atoms with E-state index < -0.39 is 0 Å². The number of benzene rings is 7. The molecule has 0 saturated carbocycles. The molecular formula is C46H29N3O2. The van der Waals surface area contributed by atoms with Gasteiger partial charge in [-0.15, -0.1) is 0 Å². The van der Waals surface area contributed by atoms with Crippen molar-refractivity contribution in [3.05, 3.63) is 176 Å². The molecule has 0 saturated heterocycles. The first-order chi connectivity index (χ1) is 25.3. The van der Waals surface area contributed by atoms with Gasteiger partial charge >= 0.3 is 0 Å². The van der Waals surface area contributed by atoms with Crippen LogP contribution in [0.25, 0.3) is 77.8 Å². The Morgan fingerprint density at radius 1 is 0.412 bits per heavy atom. The number of para-hydroxylation sites is 3. The molecule has 5 heteroatoms. The molecular weight excluding hydrogens is 627 g/mol. The summed E-state index contributed by atoms with van der Waals surface area (Å²) >= 11 is 0. The molecule has 0 aliphatic heterocycles. The quantitative estimate of drug-likeness (QED) is 0.178. The predicted octanol–water partition coefficient (Wildman–Crippen LogP) is 12.7. The lowest BCUT2D eigenvalue weighted by molar-refractivity contribution is 0.667. The van der Waals surface area contributed by atoms with Crippen molar-refractivity contribution >= 4 is 60.9 Å². The van der Waals surface area contributed by atoms with E-state index >= 15 is 0 Å². The Bertz CT molecular complexity index is 2800. The normalized spacial score (nSPS) is 11.5. The highest BCUT2D eigenvalue weighted by Crippen LogP contribution is 2.46. The van der Waals surface area contributed by atoms with Crippen molar-refractivity contribution in [1.82, 2.24) is 9.97 Å². The van der Waals surface area contributed by atoms with Gasteiger partial charge in [-0.05, 0) is 54.6 Å². The molecule has 51 heavy (non-hydrogen) atoms. The molecule has 0 aliphatic rings. The first-order valence-corrected chi connectivity index (χ1v) is 17.0. The van der Waals surface area contributed by atoms with Crippen molar-refractivity contribution in [2.45, 2.75) is 0 Å². The molecule has 0 fully saturated rings. The van der Waals surface area contributed by atoms with Crippen LogP contribution in [0.5, 0.6) is 0 Å². The van der Waals surface area contributed by atoms with E-state index in [0.717, 1.165) is 89.0 Å². The zero-order valence-corrected chi connectivity index (χ0v) is 27.4. The van der Waals surface area contributed by atoms with Crippen LogP contribution >= 0.6 is 0 Å². The van der Waals surface area contributed by atoms with Gasteiger partial charge in [0.25, 0.3) is 0 Å². The maximum atomic E-state index is 6.81. The molecule has 0 unspecified atom stereocenters. The minimum atomic E-state index is 0.633. The van der Waals surface area contributed by atoms with Crippen LogP contribution in [0.15, 0.2) is 185 Å². The first-order valence-electron chi connectivity index (χ1n) is 17.0. The van der Waals surface area contributed by atoms with Crippen LogP contribution in [0, 0.1) is 0 Å². The molecule has 0 atom stereocenters. The average Bonchev–Trinajstić information content (AvgIpc) is 3.78. The highest BCUT2D eigenvalue weighted by Gasteiger charge is 2.24. The van der Waals surface area contributed by atoms with Gasteiger partial charge in [-0.3, -0.25) is 0 Å². The molecule has 240 valence electrons. The Morgan fingerprint density at radius 2 is 0.980 bits per heavy atom. The first kappa shape index (κ1) is 29.0. The number of hydrogen-bond acceptors (Lipinski definition) is 5. The Morgan fingerprint density at radius 3 is 1.67 bits per heavy atom. The van der Waals surface area contributed by atoms with Gasteiger partial charge in [0.15, 0.2) is 11.4 Å². The second-order valence-electron chi connectivity index (χ2n) is 12.6. The third-order valence-electron chi connectivity index (χ3n) is 9.49. The number of nitrogens with zero attached hydrogens (tertiary/aromatic N) is 3. The average molecular weight is 656 g/mol. The van der Waals surface area contributed by atoms with Crippen LogP contribution in [-0.2, 0) is 0 Å². The van der Waals surface area contributed by atoms with Crippen molar-refractivity contribution in [3.63, 3.8) is 0 Å². The van der Waals surface area contributed by atoms with Crippen molar-refractivity contribution in [1.29, 1.82) is 0 Å². The molecule has 0 bridgehead atoms. The van der Waals surface area contributed by atoms with Crippen LogP contribution in [0.1, 0.15) is 0 Å². The Labute approximate surface area is 293 Å². The fourth-order valence-electron chi connectivity index (χ4n) is 7.12. The van der Waals surface area contributed by atoms with Gasteiger partial charge < -0.3 is 13.7 Å². The lowest BCUT2D eigenvalue weighted by Gasteiger charge is -2.25. The van der Waals surface area contributed by atoms with Gasteiger partial charge in [-0.25, -0.2) is 9.97 Å². The zero-order valence-electron chi connectivity index (χ0n) is 27.4. The molecule has 5 nitrogen and oxygen atoms in total. The molecule has 3 heterocycles. The van der Waals surface area contributed by atoms with Crippen molar-refractivity contribution < 1.29 is 8.83 Å². The number of rotatable bonds is 6. The predicted molar refractivity (Wildman–Crippen MR) is 208 cm³/mol. The number of furan rings is 2. The standard InChI is InChI=1S/C46H29N3O2/c1-4-14-30(15-5-1)38-29-39(31-16-6-2-7-17-31)48-46(47-38)37-26-27-40(45-44(37)36-21-11-13-23-42(36)51-45)49(32-18-8-3-9-19-32)33-24-25-35-34-20-10-12-22-41(34)50-43(35)28-33/h1-29H. The fraction of sp³-hybridized carbons (Fsp3) is 0. The molecule has 3 aromatic heterocycles. The van der Waals surface area contributed by atoms with E-state index in [-0.39, 0.29) is 0 Å². The molecule has 0 N–H and O–H groups in total. The molecule has 10 aromatic rings. The molecule has 0 aliphatic carbocycles. The second kappa shape index (κ2) is 11.9. The molecule has 0 spiro atoms. The second-order valence-corrected chi connectivity index (χ2v) is 12.6. The summed E-state index contributed by atoms with van der Waals surface area (Å²) in [7, 11) is 0. The Balaban J connectivity index is 1.23. The lowest BCUT2D eigenvalue weighted by Crippen LogP contribution is -2.10. The van der Waals surface area contributed by atoms with E-state index in [1.165, 1.54) is 0 Å². The summed E-state index contributed by atoms with van der Waals surface area (Å²) in [6.07, 6.45) is 0. The molecule has 10 rings (SSSR count). The van der Waals surface area contributed by atoms with E-state index in [4.69, 9.17) is 18.8 Å². The summed E-state index contributed by atoms with van der Waals surface area (Å²) in [5.74, 6) is 0.633. The largest absolute Gasteiger partial charge is 0.456 e. The van der Waals surface area contributed by atoms with E-state index in [0.29, 0.717) is 5.82 Å². The van der Waals surface area contributed by atoms with Crippen LogP contribution in [0.2, 0.25) is 0 Å². The summed E-state index contributed by atoms with van der Waals surface area (Å²) < 4.78 is 13.2. The highest BCUT2D eigenvalue weighted by molar-refractivity contribution is 6.16. The molecule has 0 radical (unpaired) electrons. The summed E-state index contributed by atoms with van der Waals surface area (Å²) in [6, 6.07) is 60.0. The number of hydrogen-bond donors (Lipinski definition) is 0. The molecule has 0 amide bonds. The minimum Gasteiger partial charge on any atom is -0.456 e. The summed E-state index contributed by atoms with van der Waals surface area (Å²) in [6.45, 7) is 0. The van der Waals surface area contributed by atoms with E-state index in [9.17, 15) is 0 Å². The minimum absolute atomic E-state index is 0.633. The smallest absolute Gasteiger partial charge is 0.161 e. The van der Waals surface area contributed by atoms with Crippen molar-refractivity contribution in [2.24, 2.45) is 0 Å². The third kappa shape index (κ3) is 4.94. The highest BCUT2D eigenvalue weighted by atomic mass is 16.3. The topological polar surface area (TPSA) is 55.3 Å². The maximum absolute atomic E-state index is 6.81. The fourth-order valence-corrected chi connectivity index (χ4v) is 7.12. The van der Waals surface area contributed by atoms with Crippen LogP contribution in [-0.4, -0.2) is 9.97 Å². The summed E-state index contributed by atoms with van der Waals surface area (Å²) in [5.41, 5.74) is 10.7. The monoisotopic (exact) mass is 655 g/mol. The van der Waals surface area contributed by atoms with Crippen LogP contribution in [0.3, 0.4) is 0 Å². The van der Waals surface area contributed by atoms with Crippen LogP contribution < -0.4 is 4.90 Å². The number of aromatic nitrogens is 2.